The molecule has 0 aliphatic carbocycles. The number of carbonyl (C=O) groups is 1. The molecule has 1 N–H and O–H groups in total. The van der Waals surface area contributed by atoms with Crippen LogP contribution < -0.4 is 0 Å². The summed E-state index contributed by atoms with van der Waals surface area (Å²) >= 11 is 0. The Morgan fingerprint density at radius 2 is 1.91 bits per heavy atom. The van der Waals surface area contributed by atoms with Crippen LogP contribution in [0.2, 0.25) is 0 Å². The van der Waals surface area contributed by atoms with Crippen LogP contribution in [0.4, 0.5) is 0 Å². The topological polar surface area (TPSA) is 70.7 Å². The second-order valence-electron chi connectivity index (χ2n) is 5.74. The molecule has 0 amide bonds. The number of aromatic carboxylic acids is 1. The predicted octanol–water partition coefficient (Wildman–Crippen LogP) is 2.72. The highest BCUT2D eigenvalue weighted by Gasteiger charge is 2.11. The van der Waals surface area contributed by atoms with Gasteiger partial charge in [-0.3, -0.25) is 0 Å². The molecule has 3 aromatic rings. The normalized spacial score (nSPS) is 12.7. The van der Waals surface area contributed by atoms with Crippen molar-refractivity contribution >= 4 is 11.6 Å². The van der Waals surface area contributed by atoms with Crippen LogP contribution in [0.3, 0.4) is 0 Å². The van der Waals surface area contributed by atoms with Gasteiger partial charge >= 0.3 is 5.97 Å². The molecule has 0 unspecified atom stereocenters. The molecule has 0 bridgehead atoms. The Balaban J connectivity index is 1.95. The summed E-state index contributed by atoms with van der Waals surface area (Å²) in [7, 11) is 4.10. The third kappa shape index (κ3) is 2.93. The van der Waals surface area contributed by atoms with E-state index in [0.717, 1.165) is 11.1 Å². The van der Waals surface area contributed by atoms with E-state index in [9.17, 15) is 4.79 Å². The number of carboxylic acid groups (broad SMARTS) is 1. The number of nitrogens with zero attached hydrogens (tertiary/aromatic N) is 4. The molecule has 1 aromatic carbocycles. The monoisotopic (exact) mass is 310 g/mol. The van der Waals surface area contributed by atoms with Gasteiger partial charge in [0.2, 0.25) is 0 Å². The Hall–Kier alpha value is -2.73. The lowest BCUT2D eigenvalue weighted by Crippen LogP contribution is -2.16. The molecule has 0 saturated carbocycles. The lowest BCUT2D eigenvalue weighted by atomic mass is 10.0. The number of hydrogen-bond acceptors (Lipinski definition) is 4. The molecular formula is C17H18N4O2. The van der Waals surface area contributed by atoms with Crippen molar-refractivity contribution in [3.8, 4) is 11.1 Å². The van der Waals surface area contributed by atoms with Gasteiger partial charge in [0.1, 0.15) is 0 Å². The van der Waals surface area contributed by atoms with E-state index in [0.29, 0.717) is 11.7 Å². The summed E-state index contributed by atoms with van der Waals surface area (Å²) in [5.74, 6) is -1.06. The van der Waals surface area contributed by atoms with Crippen molar-refractivity contribution in [1.82, 2.24) is 19.5 Å². The Morgan fingerprint density at radius 1 is 1.22 bits per heavy atom. The van der Waals surface area contributed by atoms with Crippen LogP contribution in [0.1, 0.15) is 29.0 Å². The minimum absolute atomic E-state index is 0.00944. The summed E-state index contributed by atoms with van der Waals surface area (Å²) in [4.78, 5) is 17.4. The fourth-order valence-electron chi connectivity index (χ4n) is 2.38. The van der Waals surface area contributed by atoms with E-state index in [1.54, 1.807) is 12.4 Å². The molecule has 0 radical (unpaired) electrons. The number of aromatic nitrogens is 3. The van der Waals surface area contributed by atoms with E-state index in [4.69, 9.17) is 5.11 Å². The van der Waals surface area contributed by atoms with Crippen molar-refractivity contribution < 1.29 is 9.90 Å². The zero-order valence-electron chi connectivity index (χ0n) is 13.3. The Labute approximate surface area is 134 Å². The van der Waals surface area contributed by atoms with Crippen molar-refractivity contribution in [2.45, 2.75) is 13.0 Å². The molecule has 6 heteroatoms. The minimum Gasteiger partial charge on any atom is -0.476 e. The molecule has 23 heavy (non-hydrogen) atoms. The first kappa shape index (κ1) is 15.2. The van der Waals surface area contributed by atoms with Crippen LogP contribution in [0, 0.1) is 0 Å². The minimum atomic E-state index is -1.06. The summed E-state index contributed by atoms with van der Waals surface area (Å²) in [6, 6.07) is 10.1. The van der Waals surface area contributed by atoms with Gasteiger partial charge in [0.05, 0.1) is 0 Å². The SMILES string of the molecule is C[C@H](c1ccc(-c2cnc3cc(C(=O)O)nn3c2)cc1)N(C)C. The number of carboxylic acids is 1. The van der Waals surface area contributed by atoms with Crippen molar-refractivity contribution in [3.63, 3.8) is 0 Å². The Bertz CT molecular complexity index is 853. The van der Waals surface area contributed by atoms with Gasteiger partial charge in [-0.05, 0) is 32.1 Å². The van der Waals surface area contributed by atoms with E-state index in [2.05, 4.69) is 34.0 Å². The molecule has 2 heterocycles. The lowest BCUT2D eigenvalue weighted by Gasteiger charge is -2.20. The van der Waals surface area contributed by atoms with Crippen molar-refractivity contribution in [2.75, 3.05) is 14.1 Å². The number of rotatable bonds is 4. The van der Waals surface area contributed by atoms with Crippen molar-refractivity contribution in [1.29, 1.82) is 0 Å². The molecule has 0 aliphatic heterocycles. The zero-order chi connectivity index (χ0) is 16.6. The van der Waals surface area contributed by atoms with Crippen LogP contribution in [-0.2, 0) is 0 Å². The highest BCUT2D eigenvalue weighted by molar-refractivity contribution is 5.86. The smallest absolute Gasteiger partial charge is 0.356 e. The molecule has 2 aromatic heterocycles. The first-order valence-corrected chi connectivity index (χ1v) is 7.31. The van der Waals surface area contributed by atoms with E-state index >= 15 is 0 Å². The van der Waals surface area contributed by atoms with Crippen LogP contribution in [-0.4, -0.2) is 44.7 Å². The van der Waals surface area contributed by atoms with E-state index in [-0.39, 0.29) is 5.69 Å². The van der Waals surface area contributed by atoms with Crippen LogP contribution >= 0.6 is 0 Å². The van der Waals surface area contributed by atoms with E-state index in [1.807, 2.05) is 26.2 Å². The predicted molar refractivity (Wildman–Crippen MR) is 87.5 cm³/mol. The summed E-state index contributed by atoms with van der Waals surface area (Å²) in [6.45, 7) is 2.15. The maximum atomic E-state index is 11.0. The summed E-state index contributed by atoms with van der Waals surface area (Å²) in [5.41, 5.74) is 3.65. The standard InChI is InChI=1S/C17H18N4O2/c1-11(20(2)3)12-4-6-13(7-5-12)14-9-18-16-8-15(17(22)23)19-21(16)10-14/h4-11H,1-3H3,(H,22,23)/t11-/m1/s1. The highest BCUT2D eigenvalue weighted by Crippen LogP contribution is 2.23. The second-order valence-corrected chi connectivity index (χ2v) is 5.74. The molecule has 0 aliphatic rings. The largest absolute Gasteiger partial charge is 0.476 e. The third-order valence-electron chi connectivity index (χ3n) is 4.03. The molecule has 6 nitrogen and oxygen atoms in total. The number of fused-ring (bicyclic) bond motifs is 1. The molecule has 0 fully saturated rings. The summed E-state index contributed by atoms with van der Waals surface area (Å²) < 4.78 is 1.50. The van der Waals surface area contributed by atoms with Gasteiger partial charge in [0, 0.05) is 30.1 Å². The van der Waals surface area contributed by atoms with Gasteiger partial charge in [0.25, 0.3) is 0 Å². The maximum Gasteiger partial charge on any atom is 0.356 e. The molecular weight excluding hydrogens is 292 g/mol. The Kier molecular flexibility index (Phi) is 3.83. The third-order valence-corrected chi connectivity index (χ3v) is 4.03. The molecule has 3 rings (SSSR count). The molecule has 0 spiro atoms. The van der Waals surface area contributed by atoms with Crippen molar-refractivity contribution in [2.24, 2.45) is 0 Å². The fraction of sp³-hybridized carbons (Fsp3) is 0.235. The Morgan fingerprint density at radius 3 is 2.52 bits per heavy atom. The number of hydrogen-bond donors (Lipinski definition) is 1. The highest BCUT2D eigenvalue weighted by atomic mass is 16.4. The van der Waals surface area contributed by atoms with Crippen LogP contribution in [0.5, 0.6) is 0 Å². The quantitative estimate of drug-likeness (QED) is 0.802. The first-order valence-electron chi connectivity index (χ1n) is 7.31. The van der Waals surface area contributed by atoms with Gasteiger partial charge in [0.15, 0.2) is 11.3 Å². The van der Waals surface area contributed by atoms with Gasteiger partial charge in [-0.2, -0.15) is 5.10 Å². The summed E-state index contributed by atoms with van der Waals surface area (Å²) in [5, 5.41) is 13.0. The molecule has 118 valence electrons. The average Bonchev–Trinajstić information content (AvgIpc) is 2.97. The number of benzene rings is 1. The first-order chi connectivity index (χ1) is 11.0. The van der Waals surface area contributed by atoms with Gasteiger partial charge < -0.3 is 10.0 Å². The van der Waals surface area contributed by atoms with Crippen LogP contribution in [0.25, 0.3) is 16.8 Å². The van der Waals surface area contributed by atoms with Gasteiger partial charge in [-0.15, -0.1) is 0 Å². The van der Waals surface area contributed by atoms with Gasteiger partial charge in [-0.25, -0.2) is 14.3 Å². The summed E-state index contributed by atoms with van der Waals surface area (Å²) in [6.07, 6.45) is 3.52. The fourth-order valence-corrected chi connectivity index (χ4v) is 2.38. The molecule has 1 atom stereocenters. The van der Waals surface area contributed by atoms with Gasteiger partial charge in [-0.1, -0.05) is 24.3 Å². The molecule has 0 saturated heterocycles. The lowest BCUT2D eigenvalue weighted by molar-refractivity contribution is 0.0690. The second kappa shape index (κ2) is 5.81. The van der Waals surface area contributed by atoms with E-state index < -0.39 is 5.97 Å². The van der Waals surface area contributed by atoms with E-state index in [1.165, 1.54) is 16.1 Å². The maximum absolute atomic E-state index is 11.0. The van der Waals surface area contributed by atoms with Crippen LogP contribution in [0.15, 0.2) is 42.7 Å². The average molecular weight is 310 g/mol. The van der Waals surface area contributed by atoms with Crippen molar-refractivity contribution in [3.05, 3.63) is 54.0 Å². The zero-order valence-corrected chi connectivity index (χ0v) is 13.3.